The Morgan fingerprint density at radius 1 is 1.19 bits per heavy atom. The Balaban J connectivity index is 1.80. The molecule has 0 spiro atoms. The average Bonchev–Trinajstić information content (AvgIpc) is 2.96. The van der Waals surface area contributed by atoms with Crippen molar-refractivity contribution < 1.29 is 49.3 Å². The number of esters is 1. The highest BCUT2D eigenvalue weighted by atomic mass is 16.8. The molecule has 0 bridgehead atoms. The fourth-order valence-electron chi connectivity index (χ4n) is 4.10. The molecule has 154 valence electrons. The monoisotopic (exact) mass is 390 g/mol. The number of aliphatic hydroxyl groups is 5. The Morgan fingerprint density at radius 3 is 2.52 bits per heavy atom. The van der Waals surface area contributed by atoms with E-state index in [9.17, 15) is 30.3 Å². The van der Waals surface area contributed by atoms with Gasteiger partial charge in [-0.2, -0.15) is 0 Å². The van der Waals surface area contributed by atoms with Crippen LogP contribution in [0.15, 0.2) is 11.8 Å². The fourth-order valence-corrected chi connectivity index (χ4v) is 4.10. The third kappa shape index (κ3) is 3.58. The fraction of sp³-hybridized carbons (Fsp3) is 0.824. The van der Waals surface area contributed by atoms with Crippen LogP contribution in [0.25, 0.3) is 0 Å². The van der Waals surface area contributed by atoms with Crippen molar-refractivity contribution in [2.45, 2.75) is 56.4 Å². The Bertz CT molecular complexity index is 578. The molecule has 10 heteroatoms. The van der Waals surface area contributed by atoms with Crippen LogP contribution < -0.4 is 0 Å². The molecule has 0 aromatic carbocycles. The predicted octanol–water partition coefficient (Wildman–Crippen LogP) is -2.15. The van der Waals surface area contributed by atoms with E-state index in [0.717, 1.165) is 0 Å². The molecule has 10 atom stereocenters. The Labute approximate surface area is 155 Å². The summed E-state index contributed by atoms with van der Waals surface area (Å²) in [6.07, 6.45) is -7.25. The first-order valence-corrected chi connectivity index (χ1v) is 8.88. The molecular weight excluding hydrogens is 364 g/mol. The Hall–Kier alpha value is -1.27. The molecule has 1 saturated carbocycles. The highest BCUT2D eigenvalue weighted by Crippen LogP contribution is 2.47. The lowest BCUT2D eigenvalue weighted by Crippen LogP contribution is -2.60. The largest absolute Gasteiger partial charge is 0.472 e. The van der Waals surface area contributed by atoms with Gasteiger partial charge in [-0.05, 0) is 12.3 Å². The molecule has 0 aromatic heterocycles. The summed E-state index contributed by atoms with van der Waals surface area (Å²) in [6.45, 7) is 1.21. The lowest BCUT2D eigenvalue weighted by molar-refractivity contribution is -0.342. The van der Waals surface area contributed by atoms with E-state index in [4.69, 9.17) is 18.9 Å². The average molecular weight is 390 g/mol. The van der Waals surface area contributed by atoms with Crippen molar-refractivity contribution in [3.63, 3.8) is 0 Å². The zero-order chi connectivity index (χ0) is 19.9. The van der Waals surface area contributed by atoms with Crippen LogP contribution in [0.4, 0.5) is 0 Å². The number of ether oxygens (including phenoxy) is 4. The Kier molecular flexibility index (Phi) is 6.06. The molecule has 10 nitrogen and oxygen atoms in total. The molecule has 3 unspecified atom stereocenters. The van der Waals surface area contributed by atoms with Crippen molar-refractivity contribution in [1.29, 1.82) is 0 Å². The molecule has 0 aromatic rings. The smallest absolute Gasteiger partial charge is 0.337 e. The van der Waals surface area contributed by atoms with E-state index in [1.165, 1.54) is 13.4 Å². The first kappa shape index (κ1) is 20.5. The minimum Gasteiger partial charge on any atom is -0.472 e. The second-order valence-electron chi connectivity index (χ2n) is 7.25. The van der Waals surface area contributed by atoms with Gasteiger partial charge in [0.05, 0.1) is 31.7 Å². The van der Waals surface area contributed by atoms with E-state index in [2.05, 4.69) is 0 Å². The van der Waals surface area contributed by atoms with Crippen LogP contribution in [-0.2, 0) is 23.7 Å². The van der Waals surface area contributed by atoms with Gasteiger partial charge in [0.2, 0.25) is 6.29 Å². The summed E-state index contributed by atoms with van der Waals surface area (Å²) in [5.74, 6) is -1.63. The number of fused-ring (bicyclic) bond motifs is 1. The van der Waals surface area contributed by atoms with Crippen molar-refractivity contribution in [1.82, 2.24) is 0 Å². The second kappa shape index (κ2) is 8.00. The summed E-state index contributed by atoms with van der Waals surface area (Å²) in [4.78, 5) is 12.0. The van der Waals surface area contributed by atoms with E-state index in [1.54, 1.807) is 6.92 Å². The van der Waals surface area contributed by atoms with Gasteiger partial charge in [-0.15, -0.1) is 0 Å². The SMILES string of the molecule is COC(=O)C1=CO[C@@H](O[C@@H]2O[C@H](CO)C(O)[C@H](O)C2O)C2[C@@H]1C[C@H](O)[C@@H]2C. The number of rotatable bonds is 4. The first-order chi connectivity index (χ1) is 12.8. The third-order valence-electron chi connectivity index (χ3n) is 5.75. The standard InChI is InChI=1S/C17H26O10/c1-6-9(19)3-7-8(15(23)24-2)5-25-16(11(6)7)27-17-14(22)13(21)12(20)10(4-18)26-17/h5-7,9-14,16-22H,3-4H2,1-2H3/t6-,7+,9-,10+,11?,12?,13-,14?,16-,17-/m0/s1. The van der Waals surface area contributed by atoms with Gasteiger partial charge in [0.1, 0.15) is 24.4 Å². The third-order valence-corrected chi connectivity index (χ3v) is 5.75. The van der Waals surface area contributed by atoms with Crippen LogP contribution in [0.1, 0.15) is 13.3 Å². The number of methoxy groups -OCH3 is 1. The molecule has 2 fully saturated rings. The molecule has 5 N–H and O–H groups in total. The maximum Gasteiger partial charge on any atom is 0.337 e. The van der Waals surface area contributed by atoms with E-state index < -0.39 is 61.6 Å². The zero-order valence-electron chi connectivity index (χ0n) is 15.0. The van der Waals surface area contributed by atoms with Gasteiger partial charge in [-0.3, -0.25) is 0 Å². The van der Waals surface area contributed by atoms with Crippen LogP contribution in [0.5, 0.6) is 0 Å². The van der Waals surface area contributed by atoms with Gasteiger partial charge in [-0.1, -0.05) is 6.92 Å². The predicted molar refractivity (Wildman–Crippen MR) is 86.6 cm³/mol. The molecule has 3 rings (SSSR count). The molecular formula is C17H26O10. The van der Waals surface area contributed by atoms with Gasteiger partial charge in [0, 0.05) is 11.8 Å². The first-order valence-electron chi connectivity index (χ1n) is 8.88. The number of carbonyl (C=O) groups is 1. The Morgan fingerprint density at radius 2 is 1.89 bits per heavy atom. The minimum atomic E-state index is -1.58. The summed E-state index contributed by atoms with van der Waals surface area (Å²) in [5.41, 5.74) is 0.291. The maximum absolute atomic E-state index is 12.0. The quantitative estimate of drug-likeness (QED) is 0.336. The van der Waals surface area contributed by atoms with E-state index in [-0.39, 0.29) is 11.8 Å². The molecule has 2 heterocycles. The van der Waals surface area contributed by atoms with Crippen LogP contribution >= 0.6 is 0 Å². The van der Waals surface area contributed by atoms with Gasteiger partial charge in [0.15, 0.2) is 6.29 Å². The molecule has 1 aliphatic carbocycles. The summed E-state index contributed by atoms with van der Waals surface area (Å²) in [7, 11) is 1.25. The van der Waals surface area contributed by atoms with E-state index >= 15 is 0 Å². The van der Waals surface area contributed by atoms with Crippen molar-refractivity contribution >= 4 is 5.97 Å². The van der Waals surface area contributed by atoms with E-state index in [1.807, 2.05) is 0 Å². The topological polar surface area (TPSA) is 155 Å². The minimum absolute atomic E-state index is 0.279. The van der Waals surface area contributed by atoms with Crippen molar-refractivity contribution in [3.05, 3.63) is 11.8 Å². The summed E-state index contributed by atoms with van der Waals surface area (Å²) in [6, 6.07) is 0. The number of hydrogen-bond donors (Lipinski definition) is 5. The van der Waals surface area contributed by atoms with Crippen LogP contribution in [0.3, 0.4) is 0 Å². The van der Waals surface area contributed by atoms with Gasteiger partial charge in [-0.25, -0.2) is 4.79 Å². The van der Waals surface area contributed by atoms with Gasteiger partial charge < -0.3 is 44.5 Å². The number of aliphatic hydroxyl groups excluding tert-OH is 5. The second-order valence-corrected chi connectivity index (χ2v) is 7.25. The lowest BCUT2D eigenvalue weighted by atomic mass is 9.83. The van der Waals surface area contributed by atoms with Crippen LogP contribution in [0.2, 0.25) is 0 Å². The van der Waals surface area contributed by atoms with Crippen LogP contribution in [0, 0.1) is 17.8 Å². The summed E-state index contributed by atoms with van der Waals surface area (Å²) < 4.78 is 21.4. The van der Waals surface area contributed by atoms with Gasteiger partial charge in [0.25, 0.3) is 0 Å². The van der Waals surface area contributed by atoms with Crippen molar-refractivity contribution in [2.75, 3.05) is 13.7 Å². The molecule has 27 heavy (non-hydrogen) atoms. The zero-order valence-corrected chi connectivity index (χ0v) is 15.0. The van der Waals surface area contributed by atoms with Crippen LogP contribution in [-0.4, -0.2) is 88.3 Å². The van der Waals surface area contributed by atoms with Gasteiger partial charge >= 0.3 is 5.97 Å². The molecule has 3 aliphatic rings. The number of carbonyl (C=O) groups excluding carboxylic acids is 1. The van der Waals surface area contributed by atoms with Crippen molar-refractivity contribution in [2.24, 2.45) is 17.8 Å². The summed E-state index contributed by atoms with van der Waals surface area (Å²) >= 11 is 0. The molecule has 1 saturated heterocycles. The highest BCUT2D eigenvalue weighted by Gasteiger charge is 2.53. The normalized spacial score (nSPS) is 47.0. The summed E-state index contributed by atoms with van der Waals surface area (Å²) in [5, 5.41) is 49.4. The van der Waals surface area contributed by atoms with Crippen molar-refractivity contribution in [3.8, 4) is 0 Å². The molecule has 2 aliphatic heterocycles. The highest BCUT2D eigenvalue weighted by molar-refractivity contribution is 5.89. The lowest BCUT2D eigenvalue weighted by Gasteiger charge is -2.43. The maximum atomic E-state index is 12.0. The van der Waals surface area contributed by atoms with E-state index in [0.29, 0.717) is 12.0 Å². The molecule has 0 radical (unpaired) electrons. The number of hydrogen-bond acceptors (Lipinski definition) is 10. The molecule has 0 amide bonds.